The summed E-state index contributed by atoms with van der Waals surface area (Å²) in [6.07, 6.45) is 2.42. The van der Waals surface area contributed by atoms with E-state index in [0.717, 1.165) is 12.5 Å². The lowest BCUT2D eigenvalue weighted by atomic mass is 9.94. The van der Waals surface area contributed by atoms with Crippen LogP contribution in [0.4, 0.5) is 0 Å². The Balaban J connectivity index is 2.68. The highest BCUT2D eigenvalue weighted by Crippen LogP contribution is 2.29. The molecular weight excluding hydrogens is 198 g/mol. The molecule has 1 heterocycles. The summed E-state index contributed by atoms with van der Waals surface area (Å²) >= 11 is 0. The van der Waals surface area contributed by atoms with Crippen molar-refractivity contribution >= 4 is 0 Å². The normalized spacial score (nSPS) is 30.9. The molecule has 1 saturated heterocycles. The summed E-state index contributed by atoms with van der Waals surface area (Å²) in [5, 5.41) is 0. The fraction of sp³-hybridized carbons (Fsp3) is 1.00. The van der Waals surface area contributed by atoms with E-state index >= 15 is 0 Å². The first kappa shape index (κ1) is 13.9. The Bertz CT molecular complexity index is 217. The van der Waals surface area contributed by atoms with Gasteiger partial charge in [-0.15, -0.1) is 0 Å². The predicted molar refractivity (Wildman–Crippen MR) is 70.6 cm³/mol. The Morgan fingerprint density at radius 1 is 1.38 bits per heavy atom. The van der Waals surface area contributed by atoms with Crippen molar-refractivity contribution in [3.8, 4) is 0 Å². The number of likely N-dealkylation sites (tertiary alicyclic amines) is 1. The molecule has 0 aromatic carbocycles. The minimum Gasteiger partial charge on any atom is -0.329 e. The average Bonchev–Trinajstić information content (AvgIpc) is 2.61. The van der Waals surface area contributed by atoms with Crippen LogP contribution < -0.4 is 5.73 Å². The Labute approximate surface area is 101 Å². The molecule has 16 heavy (non-hydrogen) atoms. The zero-order chi connectivity index (χ0) is 12.3. The van der Waals surface area contributed by atoms with Crippen LogP contribution in [0.15, 0.2) is 0 Å². The Hall–Kier alpha value is -0.120. The highest BCUT2D eigenvalue weighted by molar-refractivity contribution is 4.96. The average molecular weight is 227 g/mol. The van der Waals surface area contributed by atoms with E-state index in [2.05, 4.69) is 44.7 Å². The highest BCUT2D eigenvalue weighted by atomic mass is 15.3. The third-order valence-electron chi connectivity index (χ3n) is 4.23. The number of likely N-dealkylation sites (N-methyl/N-ethyl adjacent to an activating group) is 1. The fourth-order valence-electron chi connectivity index (χ4n) is 2.99. The van der Waals surface area contributed by atoms with Crippen LogP contribution in [0.25, 0.3) is 0 Å². The van der Waals surface area contributed by atoms with Gasteiger partial charge in [-0.05, 0) is 33.4 Å². The van der Waals surface area contributed by atoms with Crippen LogP contribution in [0.3, 0.4) is 0 Å². The minimum atomic E-state index is 0.202. The molecule has 3 unspecified atom stereocenters. The van der Waals surface area contributed by atoms with Gasteiger partial charge in [0.15, 0.2) is 0 Å². The van der Waals surface area contributed by atoms with Gasteiger partial charge in [0.2, 0.25) is 0 Å². The summed E-state index contributed by atoms with van der Waals surface area (Å²) in [5.74, 6) is 0.748. The van der Waals surface area contributed by atoms with Crippen molar-refractivity contribution in [2.24, 2.45) is 11.7 Å². The maximum absolute atomic E-state index is 5.98. The van der Waals surface area contributed by atoms with Crippen molar-refractivity contribution in [1.82, 2.24) is 9.80 Å². The summed E-state index contributed by atoms with van der Waals surface area (Å²) in [6.45, 7) is 10.1. The maximum Gasteiger partial charge on any atom is 0.0304 e. The van der Waals surface area contributed by atoms with Crippen molar-refractivity contribution in [2.45, 2.75) is 45.2 Å². The van der Waals surface area contributed by atoms with Gasteiger partial charge >= 0.3 is 0 Å². The molecule has 0 spiro atoms. The molecule has 0 bridgehead atoms. The summed E-state index contributed by atoms with van der Waals surface area (Å²) in [4.78, 5) is 4.96. The van der Waals surface area contributed by atoms with Crippen LogP contribution in [0.1, 0.15) is 33.6 Å². The molecule has 0 aliphatic carbocycles. The fourth-order valence-corrected chi connectivity index (χ4v) is 2.99. The van der Waals surface area contributed by atoms with E-state index < -0.39 is 0 Å². The van der Waals surface area contributed by atoms with Crippen LogP contribution >= 0.6 is 0 Å². The first-order valence-corrected chi connectivity index (χ1v) is 6.56. The second-order valence-electron chi connectivity index (χ2n) is 5.86. The topological polar surface area (TPSA) is 32.5 Å². The van der Waals surface area contributed by atoms with Gasteiger partial charge in [0.25, 0.3) is 0 Å². The van der Waals surface area contributed by atoms with Gasteiger partial charge < -0.3 is 10.6 Å². The monoisotopic (exact) mass is 227 g/mol. The van der Waals surface area contributed by atoms with Gasteiger partial charge in [-0.3, -0.25) is 4.90 Å². The van der Waals surface area contributed by atoms with Gasteiger partial charge in [-0.1, -0.05) is 20.3 Å². The summed E-state index contributed by atoms with van der Waals surface area (Å²) in [7, 11) is 4.37. The number of nitrogens with two attached hydrogens (primary N) is 1. The molecule has 0 amide bonds. The van der Waals surface area contributed by atoms with Gasteiger partial charge in [0.05, 0.1) is 0 Å². The molecule has 0 saturated carbocycles. The van der Waals surface area contributed by atoms with Gasteiger partial charge in [-0.2, -0.15) is 0 Å². The molecule has 0 aromatic rings. The second-order valence-corrected chi connectivity index (χ2v) is 5.86. The van der Waals surface area contributed by atoms with Crippen molar-refractivity contribution in [2.75, 3.05) is 33.7 Å². The van der Waals surface area contributed by atoms with Crippen molar-refractivity contribution < 1.29 is 0 Å². The van der Waals surface area contributed by atoms with Crippen LogP contribution in [0.5, 0.6) is 0 Å². The molecule has 3 heteroatoms. The standard InChI is InChI=1S/C13H29N3/c1-6-7-13(3,10-14)16-8-11(2)12(9-16)15(4)5/h11-12H,6-10,14H2,1-5H3. The number of hydrogen-bond donors (Lipinski definition) is 1. The lowest BCUT2D eigenvalue weighted by molar-refractivity contribution is 0.120. The number of nitrogens with zero attached hydrogens (tertiary/aromatic N) is 2. The molecule has 0 aromatic heterocycles. The third kappa shape index (κ3) is 2.76. The summed E-state index contributed by atoms with van der Waals surface area (Å²) in [6, 6.07) is 0.683. The molecular formula is C13H29N3. The molecule has 96 valence electrons. The zero-order valence-corrected chi connectivity index (χ0v) is 11.7. The van der Waals surface area contributed by atoms with E-state index in [-0.39, 0.29) is 5.54 Å². The lowest BCUT2D eigenvalue weighted by Gasteiger charge is -2.38. The molecule has 1 aliphatic heterocycles. The zero-order valence-electron chi connectivity index (χ0n) is 11.7. The number of rotatable bonds is 5. The Morgan fingerprint density at radius 2 is 2.00 bits per heavy atom. The van der Waals surface area contributed by atoms with Crippen LogP contribution in [-0.4, -0.2) is 55.1 Å². The Morgan fingerprint density at radius 3 is 2.38 bits per heavy atom. The Kier molecular flexibility index (Phi) is 4.77. The quantitative estimate of drug-likeness (QED) is 0.770. The van der Waals surface area contributed by atoms with Gasteiger partial charge in [0.1, 0.15) is 0 Å². The first-order chi connectivity index (χ1) is 7.44. The predicted octanol–water partition coefficient (Wildman–Crippen LogP) is 1.39. The molecule has 2 N–H and O–H groups in total. The lowest BCUT2D eigenvalue weighted by Crippen LogP contribution is -2.51. The van der Waals surface area contributed by atoms with Crippen molar-refractivity contribution in [3.63, 3.8) is 0 Å². The van der Waals surface area contributed by atoms with Crippen LogP contribution in [0.2, 0.25) is 0 Å². The van der Waals surface area contributed by atoms with Gasteiger partial charge in [0, 0.05) is 31.2 Å². The van der Waals surface area contributed by atoms with E-state index in [4.69, 9.17) is 5.73 Å². The number of hydrogen-bond acceptors (Lipinski definition) is 3. The van der Waals surface area contributed by atoms with Crippen molar-refractivity contribution in [1.29, 1.82) is 0 Å². The largest absolute Gasteiger partial charge is 0.329 e. The SMILES string of the molecule is CCCC(C)(CN)N1CC(C)C(N(C)C)C1. The van der Waals surface area contributed by atoms with E-state index in [1.165, 1.54) is 25.9 Å². The van der Waals surface area contributed by atoms with E-state index in [0.29, 0.717) is 6.04 Å². The first-order valence-electron chi connectivity index (χ1n) is 6.56. The summed E-state index contributed by atoms with van der Waals surface area (Å²) < 4.78 is 0. The van der Waals surface area contributed by atoms with E-state index in [1.807, 2.05) is 0 Å². The molecule has 3 nitrogen and oxygen atoms in total. The van der Waals surface area contributed by atoms with Crippen LogP contribution in [-0.2, 0) is 0 Å². The van der Waals surface area contributed by atoms with E-state index in [9.17, 15) is 0 Å². The minimum absolute atomic E-state index is 0.202. The van der Waals surface area contributed by atoms with Crippen LogP contribution in [0, 0.1) is 5.92 Å². The van der Waals surface area contributed by atoms with Crippen molar-refractivity contribution in [3.05, 3.63) is 0 Å². The molecule has 1 aliphatic rings. The van der Waals surface area contributed by atoms with E-state index in [1.54, 1.807) is 0 Å². The van der Waals surface area contributed by atoms with Gasteiger partial charge in [-0.25, -0.2) is 0 Å². The second kappa shape index (κ2) is 5.48. The third-order valence-corrected chi connectivity index (χ3v) is 4.23. The molecule has 0 radical (unpaired) electrons. The maximum atomic E-state index is 5.98. The molecule has 1 rings (SSSR count). The smallest absolute Gasteiger partial charge is 0.0304 e. The molecule has 3 atom stereocenters. The molecule has 1 fully saturated rings. The summed E-state index contributed by atoms with van der Waals surface area (Å²) in [5.41, 5.74) is 6.19. The highest BCUT2D eigenvalue weighted by Gasteiger charge is 2.39.